The highest BCUT2D eigenvalue weighted by Gasteiger charge is 2.74. The average Bonchev–Trinajstić information content (AvgIpc) is 3.44. The lowest BCUT2D eigenvalue weighted by Crippen LogP contribution is -2.56. The molecule has 3 fully saturated rings. The lowest BCUT2D eigenvalue weighted by atomic mass is 9.70. The molecule has 0 aliphatic carbocycles. The van der Waals surface area contributed by atoms with Crippen molar-refractivity contribution in [3.8, 4) is 0 Å². The fraction of sp³-hybridized carbons (Fsp3) is 0.720. The van der Waals surface area contributed by atoms with E-state index in [-0.39, 0.29) is 25.0 Å². The second kappa shape index (κ2) is 11.3. The van der Waals surface area contributed by atoms with Gasteiger partial charge in [0.2, 0.25) is 11.8 Å². The number of hydrogen-bond donors (Lipinski definition) is 1. The van der Waals surface area contributed by atoms with Gasteiger partial charge >= 0.3 is 5.97 Å². The number of carbonyl (C=O) groups is 3. The van der Waals surface area contributed by atoms with Crippen molar-refractivity contribution in [2.45, 2.75) is 69.6 Å². The zero-order valence-corrected chi connectivity index (χ0v) is 19.7. The first-order valence-corrected chi connectivity index (χ1v) is 12.2. The van der Waals surface area contributed by atoms with E-state index in [9.17, 15) is 19.5 Å². The van der Waals surface area contributed by atoms with E-state index in [1.54, 1.807) is 15.9 Å². The topological polar surface area (TPSA) is 96.4 Å². The smallest absolute Gasteiger partial charge is 0.312 e. The van der Waals surface area contributed by atoms with E-state index in [0.717, 1.165) is 19.3 Å². The summed E-state index contributed by atoms with van der Waals surface area (Å²) in [6, 6.07) is -0.780. The van der Waals surface area contributed by atoms with Crippen molar-refractivity contribution in [2.75, 3.05) is 32.8 Å². The van der Waals surface area contributed by atoms with Gasteiger partial charge in [0.1, 0.15) is 18.2 Å². The summed E-state index contributed by atoms with van der Waals surface area (Å²) in [4.78, 5) is 43.8. The molecule has 8 nitrogen and oxygen atoms in total. The van der Waals surface area contributed by atoms with E-state index in [0.29, 0.717) is 45.3 Å². The lowest BCUT2D eigenvalue weighted by Gasteiger charge is -2.36. The van der Waals surface area contributed by atoms with Crippen molar-refractivity contribution >= 4 is 17.8 Å². The van der Waals surface area contributed by atoms with Crippen LogP contribution in [0, 0.1) is 11.8 Å². The number of aliphatic hydroxyl groups is 1. The normalized spacial score (nSPS) is 29.8. The third-order valence-electron chi connectivity index (χ3n) is 7.15. The van der Waals surface area contributed by atoms with Gasteiger partial charge in [-0.25, -0.2) is 0 Å². The first-order chi connectivity index (χ1) is 16.0. The SMILES string of the molecule is C=CCOC(=O)[C@@H]1[C@H]2C(=O)N(CCCCO)C(C(=O)N(CC=C)CCCCC)C23CC[C@H]1O3. The van der Waals surface area contributed by atoms with Gasteiger partial charge in [-0.1, -0.05) is 38.5 Å². The summed E-state index contributed by atoms with van der Waals surface area (Å²) in [6.45, 7) is 10.9. The molecular weight excluding hydrogens is 424 g/mol. The molecular formula is C25H38N2O6. The third kappa shape index (κ3) is 4.73. The van der Waals surface area contributed by atoms with Crippen LogP contribution in [0.3, 0.4) is 0 Å². The third-order valence-corrected chi connectivity index (χ3v) is 7.15. The summed E-state index contributed by atoms with van der Waals surface area (Å²) in [5.74, 6) is -2.27. The molecule has 3 aliphatic heterocycles. The minimum atomic E-state index is -1.01. The number of likely N-dealkylation sites (tertiary alicyclic amines) is 1. The number of esters is 1. The number of aliphatic hydroxyl groups excluding tert-OH is 1. The van der Waals surface area contributed by atoms with Crippen LogP contribution in [0.15, 0.2) is 25.3 Å². The summed E-state index contributed by atoms with van der Waals surface area (Å²) in [5.41, 5.74) is -1.01. The van der Waals surface area contributed by atoms with Gasteiger partial charge in [-0.3, -0.25) is 14.4 Å². The Hall–Kier alpha value is -2.19. The molecule has 5 atom stereocenters. The number of hydrogen-bond acceptors (Lipinski definition) is 6. The molecule has 1 spiro atoms. The van der Waals surface area contributed by atoms with Gasteiger partial charge in [0, 0.05) is 26.2 Å². The van der Waals surface area contributed by atoms with Crippen molar-refractivity contribution in [1.29, 1.82) is 0 Å². The van der Waals surface area contributed by atoms with E-state index in [1.807, 2.05) is 0 Å². The minimum Gasteiger partial charge on any atom is -0.461 e. The summed E-state index contributed by atoms with van der Waals surface area (Å²) in [6.07, 6.45) is 7.97. The molecule has 0 radical (unpaired) electrons. The van der Waals surface area contributed by atoms with E-state index in [4.69, 9.17) is 9.47 Å². The van der Waals surface area contributed by atoms with Crippen LogP contribution in [0.5, 0.6) is 0 Å². The number of amides is 2. The van der Waals surface area contributed by atoms with Crippen LogP contribution in [0.1, 0.15) is 51.9 Å². The van der Waals surface area contributed by atoms with Crippen LogP contribution in [0.2, 0.25) is 0 Å². The number of fused-ring (bicyclic) bond motifs is 1. The van der Waals surface area contributed by atoms with Gasteiger partial charge < -0.3 is 24.4 Å². The summed E-state index contributed by atoms with van der Waals surface area (Å²) in [7, 11) is 0. The zero-order valence-electron chi connectivity index (χ0n) is 19.7. The fourth-order valence-corrected chi connectivity index (χ4v) is 5.74. The van der Waals surface area contributed by atoms with Gasteiger partial charge in [0.15, 0.2) is 0 Å². The van der Waals surface area contributed by atoms with Gasteiger partial charge in [-0.05, 0) is 32.1 Å². The Morgan fingerprint density at radius 1 is 1.27 bits per heavy atom. The van der Waals surface area contributed by atoms with Gasteiger partial charge in [-0.15, -0.1) is 6.58 Å². The maximum Gasteiger partial charge on any atom is 0.312 e. The lowest BCUT2D eigenvalue weighted by molar-refractivity contribution is -0.154. The van der Waals surface area contributed by atoms with Crippen LogP contribution >= 0.6 is 0 Å². The zero-order chi connectivity index (χ0) is 24.0. The molecule has 2 unspecified atom stereocenters. The molecule has 2 bridgehead atoms. The molecule has 3 rings (SSSR count). The predicted molar refractivity (Wildman–Crippen MR) is 123 cm³/mol. The monoisotopic (exact) mass is 462 g/mol. The molecule has 1 N–H and O–H groups in total. The van der Waals surface area contributed by atoms with Crippen LogP contribution in [-0.4, -0.2) is 83.3 Å². The van der Waals surface area contributed by atoms with Crippen LogP contribution < -0.4 is 0 Å². The largest absolute Gasteiger partial charge is 0.461 e. The molecule has 8 heteroatoms. The maximum absolute atomic E-state index is 13.9. The van der Waals surface area contributed by atoms with E-state index in [2.05, 4.69) is 20.1 Å². The first-order valence-electron chi connectivity index (χ1n) is 12.2. The number of rotatable bonds is 14. The Balaban J connectivity index is 1.93. The van der Waals surface area contributed by atoms with Crippen LogP contribution in [-0.2, 0) is 23.9 Å². The molecule has 0 aromatic rings. The van der Waals surface area contributed by atoms with E-state index >= 15 is 0 Å². The highest BCUT2D eigenvalue weighted by Crippen LogP contribution is 2.58. The Labute approximate surface area is 196 Å². The van der Waals surface area contributed by atoms with E-state index in [1.165, 1.54) is 6.08 Å². The van der Waals surface area contributed by atoms with Crippen molar-refractivity contribution in [2.24, 2.45) is 11.8 Å². The van der Waals surface area contributed by atoms with Crippen LogP contribution in [0.25, 0.3) is 0 Å². The second-order valence-electron chi connectivity index (χ2n) is 9.22. The number of nitrogens with zero attached hydrogens (tertiary/aromatic N) is 2. The van der Waals surface area contributed by atoms with Gasteiger partial charge in [0.25, 0.3) is 0 Å². The van der Waals surface area contributed by atoms with Crippen molar-refractivity contribution < 1.29 is 29.0 Å². The highest BCUT2D eigenvalue weighted by molar-refractivity contribution is 5.98. The van der Waals surface area contributed by atoms with Crippen molar-refractivity contribution in [3.05, 3.63) is 25.3 Å². The quantitative estimate of drug-likeness (QED) is 0.241. The molecule has 184 valence electrons. The Bertz CT molecular complexity index is 755. The van der Waals surface area contributed by atoms with Crippen molar-refractivity contribution in [3.63, 3.8) is 0 Å². The first kappa shape index (κ1) is 25.4. The summed E-state index contributed by atoms with van der Waals surface area (Å²) >= 11 is 0. The van der Waals surface area contributed by atoms with Gasteiger partial charge in [0.05, 0.1) is 17.9 Å². The predicted octanol–water partition coefficient (Wildman–Crippen LogP) is 2.07. The van der Waals surface area contributed by atoms with E-state index < -0.39 is 35.6 Å². The molecule has 3 heterocycles. The minimum absolute atomic E-state index is 0.0178. The molecule has 0 saturated carbocycles. The summed E-state index contributed by atoms with van der Waals surface area (Å²) in [5, 5.41) is 9.24. The van der Waals surface area contributed by atoms with Gasteiger partial charge in [-0.2, -0.15) is 0 Å². The second-order valence-corrected chi connectivity index (χ2v) is 9.22. The highest BCUT2D eigenvalue weighted by atomic mass is 16.6. The van der Waals surface area contributed by atoms with Crippen molar-refractivity contribution in [1.82, 2.24) is 9.80 Å². The fourth-order valence-electron chi connectivity index (χ4n) is 5.74. The molecule has 3 aliphatic rings. The standard InChI is InChI=1S/C25H38N2O6/c1-4-7-8-14-26(13-5-2)23(30)21-25-12-11-18(33-25)19(24(31)32-17-6-3)20(25)22(29)27(21)15-9-10-16-28/h5-6,18-21,28H,2-4,7-17H2,1H3/t18-,19+,20+,21?,25?/m1/s1. The molecule has 33 heavy (non-hydrogen) atoms. The average molecular weight is 463 g/mol. The molecule has 0 aromatic heterocycles. The Morgan fingerprint density at radius 2 is 2.06 bits per heavy atom. The molecule has 0 aromatic carbocycles. The number of ether oxygens (including phenoxy) is 2. The Morgan fingerprint density at radius 3 is 2.73 bits per heavy atom. The number of carbonyl (C=O) groups excluding carboxylic acids is 3. The Kier molecular flexibility index (Phi) is 8.70. The molecule has 3 saturated heterocycles. The molecule has 2 amide bonds. The maximum atomic E-state index is 13.9. The van der Waals surface area contributed by atoms with Crippen LogP contribution in [0.4, 0.5) is 0 Å². The number of unbranched alkanes of at least 4 members (excludes halogenated alkanes) is 3. The summed E-state index contributed by atoms with van der Waals surface area (Å²) < 4.78 is 11.7.